The molecular formula is C25H28Cl2N4O2. The van der Waals surface area contributed by atoms with Gasteiger partial charge in [-0.1, -0.05) is 23.2 Å². The van der Waals surface area contributed by atoms with Gasteiger partial charge >= 0.3 is 0 Å². The summed E-state index contributed by atoms with van der Waals surface area (Å²) in [5.41, 5.74) is 3.08. The first-order chi connectivity index (χ1) is 18.1. The molecule has 1 fully saturated rings. The number of phenolic OH excluding ortho intramolecular Hbond substituents is 1. The Morgan fingerprint density at radius 1 is 1.21 bits per heavy atom. The molecule has 0 atom stereocenters. The number of pyridine rings is 2. The van der Waals surface area contributed by atoms with Crippen molar-refractivity contribution in [1.82, 2.24) is 14.9 Å². The first kappa shape index (κ1) is 17.1. The number of carbonyl (C=O) groups excluding carboxylic acids is 1. The minimum atomic E-state index is -2.71. The van der Waals surface area contributed by atoms with Gasteiger partial charge in [-0.05, 0) is 76.7 Å². The molecule has 0 aliphatic heterocycles. The molecule has 2 aromatic heterocycles. The molecule has 0 radical (unpaired) electrons. The molecule has 1 saturated carbocycles. The molecule has 0 saturated heterocycles. The number of rotatable bonds is 6. The lowest BCUT2D eigenvalue weighted by Crippen LogP contribution is -2.31. The number of aromatic nitrogens is 2. The van der Waals surface area contributed by atoms with Gasteiger partial charge in [0.2, 0.25) is 0 Å². The highest BCUT2D eigenvalue weighted by atomic mass is 35.5. The zero-order chi connectivity index (χ0) is 28.7. The van der Waals surface area contributed by atoms with Crippen molar-refractivity contribution in [3.8, 4) is 17.0 Å². The number of aromatic hydroxyl groups is 1. The minimum Gasteiger partial charge on any atom is -0.505 e. The molecular weight excluding hydrogens is 459 g/mol. The second kappa shape index (κ2) is 9.84. The van der Waals surface area contributed by atoms with Crippen LogP contribution in [0.15, 0.2) is 30.5 Å². The highest BCUT2D eigenvalue weighted by Crippen LogP contribution is 2.37. The van der Waals surface area contributed by atoms with Crippen LogP contribution in [0.3, 0.4) is 0 Å². The summed E-state index contributed by atoms with van der Waals surface area (Å²) in [6.45, 7) is -4.00. The van der Waals surface area contributed by atoms with Crippen LogP contribution in [0.1, 0.15) is 51.2 Å². The van der Waals surface area contributed by atoms with Gasteiger partial charge in [-0.2, -0.15) is 0 Å². The predicted molar refractivity (Wildman–Crippen MR) is 135 cm³/mol. The fraction of sp³-hybridized carbons (Fsp3) is 0.400. The number of halogens is 2. The van der Waals surface area contributed by atoms with Gasteiger partial charge in [0.05, 0.1) is 32.5 Å². The number of phenols is 1. The molecule has 0 unspecified atom stereocenters. The Kier molecular flexibility index (Phi) is 5.09. The highest BCUT2D eigenvalue weighted by Gasteiger charge is 2.24. The number of nitrogens with zero attached hydrogens (tertiary/aromatic N) is 3. The topological polar surface area (TPSA) is 78.4 Å². The summed E-state index contributed by atoms with van der Waals surface area (Å²) in [7, 11) is 0. The van der Waals surface area contributed by atoms with Gasteiger partial charge in [-0.15, -0.1) is 0 Å². The van der Waals surface area contributed by atoms with Crippen molar-refractivity contribution in [2.24, 2.45) is 5.92 Å². The number of fused-ring (bicyclic) bond motifs is 1. The van der Waals surface area contributed by atoms with E-state index >= 15 is 0 Å². The van der Waals surface area contributed by atoms with Crippen LogP contribution < -0.4 is 5.32 Å². The summed E-state index contributed by atoms with van der Waals surface area (Å²) in [5.74, 6) is -0.490. The molecule has 4 rings (SSSR count). The molecule has 2 N–H and O–H groups in total. The molecule has 6 nitrogen and oxygen atoms in total. The maximum absolute atomic E-state index is 12.5. The quantitative estimate of drug-likeness (QED) is 0.408. The standard InChI is InChI=1S/C25H28Cl2N4O2/c1-14(32)18-12-28-22-9-8-21(16-10-19(26)25(33)20(27)11-16)30-24(22)23(18)29-17-6-4-15(5-7-17)13-31(2)3/h8-12,15,17,33H,4-7,13H2,1-3H3,(H,28,29)/i2D3,3D3. The van der Waals surface area contributed by atoms with Gasteiger partial charge in [0.25, 0.3) is 0 Å². The van der Waals surface area contributed by atoms with E-state index < -0.39 is 14.0 Å². The number of anilines is 1. The van der Waals surface area contributed by atoms with E-state index in [0.29, 0.717) is 64.1 Å². The van der Waals surface area contributed by atoms with E-state index in [9.17, 15) is 9.90 Å². The van der Waals surface area contributed by atoms with Crippen LogP contribution in [0.2, 0.25) is 10.0 Å². The largest absolute Gasteiger partial charge is 0.505 e. The number of Topliss-reactive ketones (excluding diaryl/α,β-unsaturated/α-hetero) is 1. The van der Waals surface area contributed by atoms with Crippen LogP contribution in [0, 0.1) is 5.92 Å². The maximum atomic E-state index is 12.5. The minimum absolute atomic E-state index is 0.0399. The number of nitrogens with one attached hydrogen (secondary N) is 1. The van der Waals surface area contributed by atoms with Crippen molar-refractivity contribution < 1.29 is 18.1 Å². The number of hydrogen-bond donors (Lipinski definition) is 2. The predicted octanol–water partition coefficient (Wildman–Crippen LogP) is 6.04. The van der Waals surface area contributed by atoms with E-state index in [1.165, 1.54) is 13.1 Å². The van der Waals surface area contributed by atoms with Crippen molar-refractivity contribution >= 4 is 45.7 Å². The van der Waals surface area contributed by atoms with E-state index in [4.69, 9.17) is 36.4 Å². The number of hydrogen-bond acceptors (Lipinski definition) is 6. The monoisotopic (exact) mass is 492 g/mol. The van der Waals surface area contributed by atoms with Crippen LogP contribution in [0.4, 0.5) is 5.69 Å². The van der Waals surface area contributed by atoms with Crippen molar-refractivity contribution in [1.29, 1.82) is 0 Å². The first-order valence-corrected chi connectivity index (χ1v) is 11.4. The molecule has 0 amide bonds. The van der Waals surface area contributed by atoms with Gasteiger partial charge in [0.15, 0.2) is 11.5 Å². The van der Waals surface area contributed by atoms with Gasteiger partial charge < -0.3 is 15.3 Å². The molecule has 1 aliphatic carbocycles. The lowest BCUT2D eigenvalue weighted by Gasteiger charge is -2.31. The van der Waals surface area contributed by atoms with Crippen LogP contribution in [0.5, 0.6) is 5.75 Å². The van der Waals surface area contributed by atoms with E-state index in [0.717, 1.165) is 0 Å². The van der Waals surface area contributed by atoms with E-state index in [1.54, 1.807) is 24.3 Å². The third kappa shape index (κ3) is 5.24. The maximum Gasteiger partial charge on any atom is 0.163 e. The Bertz CT molecular complexity index is 1350. The highest BCUT2D eigenvalue weighted by molar-refractivity contribution is 6.37. The molecule has 2 heterocycles. The molecule has 8 heteroatoms. The van der Waals surface area contributed by atoms with Crippen molar-refractivity contribution in [3.63, 3.8) is 0 Å². The van der Waals surface area contributed by atoms with E-state index in [2.05, 4.69) is 10.3 Å². The molecule has 3 aromatic rings. The molecule has 1 aromatic carbocycles. The number of benzene rings is 1. The Morgan fingerprint density at radius 3 is 2.55 bits per heavy atom. The molecule has 0 bridgehead atoms. The molecule has 174 valence electrons. The molecule has 33 heavy (non-hydrogen) atoms. The Balaban J connectivity index is 1.60. The first-order valence-electron chi connectivity index (χ1n) is 13.7. The third-order valence-electron chi connectivity index (χ3n) is 6.04. The SMILES string of the molecule is [2H]C([2H])([2H])N(CC1CCC(Nc2c(C(C)=O)cnc3ccc(-c4cc(Cl)c(O)c(Cl)c4)nc23)CC1)C([2H])([2H])[2H]. The second-order valence-electron chi connectivity index (χ2n) is 8.43. The van der Waals surface area contributed by atoms with Crippen molar-refractivity contribution in [2.75, 3.05) is 25.8 Å². The normalized spacial score (nSPS) is 22.1. The van der Waals surface area contributed by atoms with Crippen LogP contribution >= 0.6 is 23.2 Å². The summed E-state index contributed by atoms with van der Waals surface area (Å²) < 4.78 is 45.7. The average Bonchev–Trinajstić information content (AvgIpc) is 2.84. The fourth-order valence-corrected chi connectivity index (χ4v) is 4.79. The van der Waals surface area contributed by atoms with Crippen molar-refractivity contribution in [2.45, 2.75) is 38.6 Å². The Labute approximate surface area is 212 Å². The summed E-state index contributed by atoms with van der Waals surface area (Å²) in [6, 6.07) is 6.58. The van der Waals surface area contributed by atoms with Gasteiger partial charge in [-0.25, -0.2) is 4.98 Å². The smallest absolute Gasteiger partial charge is 0.163 e. The van der Waals surface area contributed by atoms with Gasteiger partial charge in [0.1, 0.15) is 5.52 Å². The summed E-state index contributed by atoms with van der Waals surface area (Å²) >= 11 is 12.2. The van der Waals surface area contributed by atoms with Crippen LogP contribution in [0.25, 0.3) is 22.3 Å². The Morgan fingerprint density at radius 2 is 1.91 bits per heavy atom. The zero-order valence-electron chi connectivity index (χ0n) is 24.0. The van der Waals surface area contributed by atoms with Gasteiger partial charge in [-0.3, -0.25) is 9.78 Å². The van der Waals surface area contributed by atoms with E-state index in [-0.39, 0.29) is 40.1 Å². The fourth-order valence-electron chi connectivity index (χ4n) is 4.31. The number of ketones is 1. The van der Waals surface area contributed by atoms with E-state index in [1.807, 2.05) is 0 Å². The van der Waals surface area contributed by atoms with Gasteiger partial charge in [0, 0.05) is 32.6 Å². The second-order valence-corrected chi connectivity index (χ2v) is 9.24. The summed E-state index contributed by atoms with van der Waals surface area (Å²) in [6.07, 6.45) is 4.08. The lowest BCUT2D eigenvalue weighted by atomic mass is 9.85. The van der Waals surface area contributed by atoms with Crippen LogP contribution in [-0.2, 0) is 0 Å². The zero-order valence-corrected chi connectivity index (χ0v) is 19.5. The average molecular weight is 493 g/mol. The molecule has 0 spiro atoms. The Hall–Kier alpha value is -2.41. The lowest BCUT2D eigenvalue weighted by molar-refractivity contribution is 0.101. The molecule has 1 aliphatic rings. The summed E-state index contributed by atoms with van der Waals surface area (Å²) in [5, 5.41) is 13.6. The summed E-state index contributed by atoms with van der Waals surface area (Å²) in [4.78, 5) is 22.3. The van der Waals surface area contributed by atoms with Crippen molar-refractivity contribution in [3.05, 3.63) is 46.1 Å². The third-order valence-corrected chi connectivity index (χ3v) is 6.62. The number of carbonyl (C=O) groups is 1. The van der Waals surface area contributed by atoms with Crippen LogP contribution in [-0.4, -0.2) is 52.3 Å².